The van der Waals surface area contributed by atoms with Gasteiger partial charge in [-0.15, -0.1) is 0 Å². The molecule has 0 aliphatic carbocycles. The molecule has 2 aromatic heterocycles. The molecule has 1 aromatic carbocycles. The molecule has 1 aliphatic rings. The number of benzene rings is 1. The molecule has 144 valence electrons. The fourth-order valence-corrected chi connectivity index (χ4v) is 3.59. The van der Waals surface area contributed by atoms with Gasteiger partial charge in [0.1, 0.15) is 0 Å². The molecule has 0 radical (unpaired) electrons. The van der Waals surface area contributed by atoms with Gasteiger partial charge < -0.3 is 15.2 Å². The summed E-state index contributed by atoms with van der Waals surface area (Å²) < 4.78 is 1.78. The first-order valence-electron chi connectivity index (χ1n) is 9.32. The van der Waals surface area contributed by atoms with E-state index in [1.54, 1.807) is 17.1 Å². The van der Waals surface area contributed by atoms with Gasteiger partial charge in [-0.25, -0.2) is 9.67 Å². The molecule has 3 heterocycles. The lowest BCUT2D eigenvalue weighted by atomic mass is 10.0. The normalized spacial score (nSPS) is 16.8. The summed E-state index contributed by atoms with van der Waals surface area (Å²) in [6, 6.07) is 7.41. The van der Waals surface area contributed by atoms with Gasteiger partial charge in [-0.1, -0.05) is 0 Å². The number of rotatable bonds is 4. The minimum atomic E-state index is -0.209. The lowest BCUT2D eigenvalue weighted by Gasteiger charge is -2.33. The number of piperidine rings is 1. The molecule has 2 N–H and O–H groups in total. The summed E-state index contributed by atoms with van der Waals surface area (Å²) in [5.41, 5.74) is 2.32. The minimum absolute atomic E-state index is 0.0336. The second-order valence-corrected chi connectivity index (χ2v) is 6.95. The molecular weight excluding hydrogens is 356 g/mol. The summed E-state index contributed by atoms with van der Waals surface area (Å²) in [5.74, 6) is 0.290. The molecule has 28 heavy (non-hydrogen) atoms. The van der Waals surface area contributed by atoms with E-state index in [0.29, 0.717) is 17.9 Å². The molecule has 4 rings (SSSR count). The third-order valence-corrected chi connectivity index (χ3v) is 4.96. The molecule has 1 aliphatic heterocycles. The number of hydrogen-bond acceptors (Lipinski definition) is 5. The molecule has 0 saturated carbocycles. The molecule has 1 fully saturated rings. The third kappa shape index (κ3) is 3.66. The van der Waals surface area contributed by atoms with Crippen LogP contribution in [0.2, 0.25) is 0 Å². The van der Waals surface area contributed by atoms with Crippen LogP contribution in [0.4, 0.5) is 5.82 Å². The van der Waals surface area contributed by atoms with Crippen molar-refractivity contribution in [1.82, 2.24) is 25.1 Å². The zero-order chi connectivity index (χ0) is 19.5. The average molecular weight is 378 g/mol. The van der Waals surface area contributed by atoms with Crippen molar-refractivity contribution in [2.75, 3.05) is 18.0 Å². The Bertz CT molecular complexity index is 1030. The van der Waals surface area contributed by atoms with Crippen LogP contribution in [0.25, 0.3) is 5.69 Å². The summed E-state index contributed by atoms with van der Waals surface area (Å²) >= 11 is 0. The van der Waals surface area contributed by atoms with Gasteiger partial charge in [0.25, 0.3) is 11.5 Å². The highest BCUT2D eigenvalue weighted by Gasteiger charge is 2.24. The lowest BCUT2D eigenvalue weighted by Crippen LogP contribution is -2.49. The van der Waals surface area contributed by atoms with Crippen LogP contribution >= 0.6 is 0 Å². The summed E-state index contributed by atoms with van der Waals surface area (Å²) in [4.78, 5) is 33.5. The number of aryl methyl sites for hydroxylation is 1. The quantitative estimate of drug-likeness (QED) is 0.720. The maximum Gasteiger partial charge on any atom is 0.290 e. The van der Waals surface area contributed by atoms with Crippen molar-refractivity contribution < 1.29 is 4.79 Å². The number of aromatic nitrogens is 4. The first kappa shape index (κ1) is 18.0. The van der Waals surface area contributed by atoms with Crippen LogP contribution in [0.15, 0.2) is 53.8 Å². The van der Waals surface area contributed by atoms with Crippen molar-refractivity contribution in [1.29, 1.82) is 0 Å². The van der Waals surface area contributed by atoms with Gasteiger partial charge in [-0.05, 0) is 49.6 Å². The highest BCUT2D eigenvalue weighted by Crippen LogP contribution is 2.17. The van der Waals surface area contributed by atoms with Gasteiger partial charge in [-0.2, -0.15) is 5.10 Å². The number of aromatic amines is 1. The van der Waals surface area contributed by atoms with Crippen LogP contribution in [0, 0.1) is 6.92 Å². The van der Waals surface area contributed by atoms with E-state index in [1.807, 2.05) is 42.3 Å². The summed E-state index contributed by atoms with van der Waals surface area (Å²) in [6.07, 6.45) is 8.45. The zero-order valence-electron chi connectivity index (χ0n) is 15.6. The van der Waals surface area contributed by atoms with E-state index in [2.05, 4.69) is 20.4 Å². The minimum Gasteiger partial charge on any atom is -0.350 e. The second kappa shape index (κ2) is 7.67. The van der Waals surface area contributed by atoms with Crippen LogP contribution in [0.5, 0.6) is 0 Å². The van der Waals surface area contributed by atoms with E-state index in [1.165, 1.54) is 6.20 Å². The Morgan fingerprint density at radius 3 is 2.96 bits per heavy atom. The maximum absolute atomic E-state index is 12.7. The Hall–Kier alpha value is -3.42. The van der Waals surface area contributed by atoms with Gasteiger partial charge in [0.05, 0.1) is 5.69 Å². The largest absolute Gasteiger partial charge is 0.350 e. The Labute approximate surface area is 162 Å². The van der Waals surface area contributed by atoms with E-state index in [0.717, 1.165) is 30.6 Å². The van der Waals surface area contributed by atoms with E-state index in [4.69, 9.17) is 0 Å². The predicted octanol–water partition coefficient (Wildman–Crippen LogP) is 1.66. The first-order valence-corrected chi connectivity index (χ1v) is 9.32. The van der Waals surface area contributed by atoms with Crippen molar-refractivity contribution in [3.63, 3.8) is 0 Å². The molecule has 1 saturated heterocycles. The Morgan fingerprint density at radius 2 is 2.21 bits per heavy atom. The van der Waals surface area contributed by atoms with Gasteiger partial charge in [0.2, 0.25) is 0 Å². The number of amides is 1. The fourth-order valence-electron chi connectivity index (χ4n) is 3.59. The lowest BCUT2D eigenvalue weighted by molar-refractivity contribution is 0.0933. The number of anilines is 1. The molecule has 1 amide bonds. The van der Waals surface area contributed by atoms with Gasteiger partial charge in [-0.3, -0.25) is 9.59 Å². The van der Waals surface area contributed by atoms with Crippen molar-refractivity contribution in [2.24, 2.45) is 0 Å². The average Bonchev–Trinajstić information content (AvgIpc) is 3.23. The Balaban J connectivity index is 1.45. The summed E-state index contributed by atoms with van der Waals surface area (Å²) in [5, 5.41) is 7.33. The molecule has 3 aromatic rings. The maximum atomic E-state index is 12.7. The van der Waals surface area contributed by atoms with Crippen molar-refractivity contribution in [3.8, 4) is 5.69 Å². The van der Waals surface area contributed by atoms with E-state index in [9.17, 15) is 9.59 Å². The van der Waals surface area contributed by atoms with Gasteiger partial charge >= 0.3 is 0 Å². The molecule has 8 heteroatoms. The van der Waals surface area contributed by atoms with Crippen molar-refractivity contribution in [2.45, 2.75) is 25.8 Å². The predicted molar refractivity (Wildman–Crippen MR) is 106 cm³/mol. The number of hydrogen-bond donors (Lipinski definition) is 2. The van der Waals surface area contributed by atoms with E-state index < -0.39 is 0 Å². The molecule has 0 spiro atoms. The fraction of sp³-hybridized carbons (Fsp3) is 0.300. The summed E-state index contributed by atoms with van der Waals surface area (Å²) in [6.45, 7) is 3.28. The van der Waals surface area contributed by atoms with E-state index >= 15 is 0 Å². The topological polar surface area (TPSA) is 95.9 Å². The van der Waals surface area contributed by atoms with Crippen LogP contribution in [-0.4, -0.2) is 44.8 Å². The molecule has 8 nitrogen and oxygen atoms in total. The van der Waals surface area contributed by atoms with Crippen molar-refractivity contribution >= 4 is 11.7 Å². The van der Waals surface area contributed by atoms with Crippen LogP contribution in [0.1, 0.15) is 28.8 Å². The smallest absolute Gasteiger partial charge is 0.290 e. The molecule has 1 unspecified atom stereocenters. The Kier molecular flexibility index (Phi) is 4.92. The van der Waals surface area contributed by atoms with Gasteiger partial charge in [0.15, 0.2) is 5.82 Å². The highest BCUT2D eigenvalue weighted by molar-refractivity contribution is 5.95. The number of H-pyrrole nitrogens is 1. The molecule has 0 bridgehead atoms. The van der Waals surface area contributed by atoms with Crippen molar-refractivity contribution in [3.05, 3.63) is 70.5 Å². The third-order valence-electron chi connectivity index (χ3n) is 4.96. The van der Waals surface area contributed by atoms with Crippen LogP contribution < -0.4 is 15.8 Å². The van der Waals surface area contributed by atoms with Crippen LogP contribution in [-0.2, 0) is 0 Å². The standard InChI is InChI=1S/C20H22N6O2/c1-14-12-15(5-6-17(14)26-11-3-7-23-26)19(27)24-16-4-2-10-25(13-16)18-20(28)22-9-8-21-18/h3,5-9,11-12,16H,2,4,10,13H2,1H3,(H,22,28)(H,24,27). The zero-order valence-corrected chi connectivity index (χ0v) is 15.6. The summed E-state index contributed by atoms with van der Waals surface area (Å²) in [7, 11) is 0. The van der Waals surface area contributed by atoms with Gasteiger partial charge in [0, 0.05) is 49.5 Å². The Morgan fingerprint density at radius 1 is 1.32 bits per heavy atom. The first-order chi connectivity index (χ1) is 13.6. The SMILES string of the molecule is Cc1cc(C(=O)NC2CCCN(c3ncc[nH]c3=O)C2)ccc1-n1cccn1. The highest BCUT2D eigenvalue weighted by atomic mass is 16.1. The molecular formula is C20H22N6O2. The monoisotopic (exact) mass is 378 g/mol. The van der Waals surface area contributed by atoms with Crippen LogP contribution in [0.3, 0.4) is 0 Å². The van der Waals surface area contributed by atoms with E-state index in [-0.39, 0.29) is 17.5 Å². The second-order valence-electron chi connectivity index (χ2n) is 6.95. The number of carbonyl (C=O) groups is 1. The number of carbonyl (C=O) groups excluding carboxylic acids is 1. The number of nitrogens with one attached hydrogen (secondary N) is 2. The number of nitrogens with zero attached hydrogens (tertiary/aromatic N) is 4. The molecule has 1 atom stereocenters.